The number of anilines is 1. The third kappa shape index (κ3) is 3.16. The molecule has 6 heteroatoms. The number of rotatable bonds is 2. The zero-order chi connectivity index (χ0) is 17.1. The molecule has 4 rings (SSSR count). The lowest BCUT2D eigenvalue weighted by atomic mass is 9.96. The molecule has 0 aromatic carbocycles. The first-order valence-electron chi connectivity index (χ1n) is 8.63. The number of aryl methyl sites for hydroxylation is 1. The lowest BCUT2D eigenvalue weighted by Crippen LogP contribution is -2.29. The van der Waals surface area contributed by atoms with Gasteiger partial charge >= 0.3 is 0 Å². The van der Waals surface area contributed by atoms with E-state index in [9.17, 15) is 0 Å². The fourth-order valence-electron chi connectivity index (χ4n) is 3.11. The van der Waals surface area contributed by atoms with Gasteiger partial charge in [-0.05, 0) is 43.3 Å². The molecule has 0 spiro atoms. The van der Waals surface area contributed by atoms with Gasteiger partial charge in [0.2, 0.25) is 0 Å². The monoisotopic (exact) mass is 343 g/mol. The van der Waals surface area contributed by atoms with Crippen LogP contribution in [-0.4, -0.2) is 27.7 Å². The minimum Gasteiger partial charge on any atom is -0.384 e. The summed E-state index contributed by atoms with van der Waals surface area (Å²) in [5, 5.41) is 10.0. The molecule has 0 saturated carbocycles. The van der Waals surface area contributed by atoms with Crippen LogP contribution in [0.1, 0.15) is 43.2 Å². The third-order valence-electron chi connectivity index (χ3n) is 4.28. The van der Waals surface area contributed by atoms with Gasteiger partial charge in [0.05, 0.1) is 11.9 Å². The van der Waals surface area contributed by atoms with Crippen molar-refractivity contribution in [3.8, 4) is 11.1 Å². The number of nitrogens with zero attached hydrogens (tertiary/aromatic N) is 3. The molecule has 1 unspecified atom stereocenters. The highest BCUT2D eigenvalue weighted by molar-refractivity contribution is 7.10. The molecule has 0 bridgehead atoms. The zero-order valence-corrected chi connectivity index (χ0v) is 15.4. The number of nitrogen functional groups attached to an aromatic ring is 1. The van der Waals surface area contributed by atoms with E-state index in [0.717, 1.165) is 36.4 Å². The van der Waals surface area contributed by atoms with Crippen LogP contribution in [0.15, 0.2) is 23.7 Å². The van der Waals surface area contributed by atoms with Crippen molar-refractivity contribution in [2.24, 2.45) is 0 Å². The van der Waals surface area contributed by atoms with Gasteiger partial charge in [0.15, 0.2) is 5.65 Å². The van der Waals surface area contributed by atoms with E-state index in [-0.39, 0.29) is 0 Å². The Hall–Kier alpha value is -1.92. The Balaban J connectivity index is 0.000000815. The minimum absolute atomic E-state index is 0.438. The third-order valence-corrected chi connectivity index (χ3v) is 5.14. The van der Waals surface area contributed by atoms with Crippen molar-refractivity contribution < 1.29 is 0 Å². The van der Waals surface area contributed by atoms with E-state index in [1.54, 1.807) is 15.9 Å². The van der Waals surface area contributed by atoms with Crippen LogP contribution in [0.3, 0.4) is 0 Å². The first-order valence-corrected chi connectivity index (χ1v) is 9.51. The van der Waals surface area contributed by atoms with Gasteiger partial charge in [0.25, 0.3) is 0 Å². The molecule has 3 N–H and O–H groups in total. The van der Waals surface area contributed by atoms with Crippen LogP contribution in [0.4, 0.5) is 5.82 Å². The quantitative estimate of drug-likeness (QED) is 0.742. The molecule has 1 fully saturated rings. The number of piperidine rings is 1. The van der Waals surface area contributed by atoms with Gasteiger partial charge in [-0.2, -0.15) is 9.61 Å². The Kier molecular flexibility index (Phi) is 5.16. The van der Waals surface area contributed by atoms with Gasteiger partial charge in [-0.1, -0.05) is 13.8 Å². The average molecular weight is 344 g/mol. The van der Waals surface area contributed by atoms with Crippen molar-refractivity contribution in [3.63, 3.8) is 0 Å². The number of hydrogen-bond donors (Lipinski definition) is 2. The van der Waals surface area contributed by atoms with E-state index in [2.05, 4.69) is 28.8 Å². The summed E-state index contributed by atoms with van der Waals surface area (Å²) >= 11 is 1.74. The van der Waals surface area contributed by atoms with Gasteiger partial charge in [-0.3, -0.25) is 0 Å². The average Bonchev–Trinajstić information content (AvgIpc) is 3.23. The molecule has 128 valence electrons. The Morgan fingerprint density at radius 2 is 2.17 bits per heavy atom. The number of nitrogens with one attached hydrogen (secondary N) is 1. The standard InChI is InChI=1S/C16H19N5S.C2H6/c1-10-5-12(9-22-10)13-8-19-21-15(17)6-14(20-16(13)21)11-3-2-4-18-7-11;1-2/h5-6,8-9,11,18H,2-4,7,17H2,1H3;1-2H3. The molecule has 5 nitrogen and oxygen atoms in total. The fourth-order valence-corrected chi connectivity index (χ4v) is 3.81. The van der Waals surface area contributed by atoms with E-state index in [1.807, 2.05) is 26.1 Å². The summed E-state index contributed by atoms with van der Waals surface area (Å²) < 4.78 is 1.74. The van der Waals surface area contributed by atoms with Gasteiger partial charge < -0.3 is 11.1 Å². The van der Waals surface area contributed by atoms with Gasteiger partial charge in [0.1, 0.15) is 5.82 Å². The summed E-state index contributed by atoms with van der Waals surface area (Å²) in [6.45, 7) is 8.19. The molecule has 3 aromatic rings. The normalized spacial score (nSPS) is 17.5. The van der Waals surface area contributed by atoms with Crippen LogP contribution in [0.5, 0.6) is 0 Å². The molecule has 1 saturated heterocycles. The number of fused-ring (bicyclic) bond motifs is 1. The topological polar surface area (TPSA) is 68.2 Å². The number of nitrogens with two attached hydrogens (primary N) is 1. The summed E-state index contributed by atoms with van der Waals surface area (Å²) in [7, 11) is 0. The molecule has 0 amide bonds. The van der Waals surface area contributed by atoms with Gasteiger partial charge in [0, 0.05) is 29.0 Å². The molecule has 4 heterocycles. The summed E-state index contributed by atoms with van der Waals surface area (Å²) in [4.78, 5) is 6.18. The molecular formula is C18H25N5S. The fraction of sp³-hybridized carbons (Fsp3) is 0.444. The lowest BCUT2D eigenvalue weighted by molar-refractivity contribution is 0.455. The van der Waals surface area contributed by atoms with Crippen LogP contribution < -0.4 is 11.1 Å². The van der Waals surface area contributed by atoms with Crippen LogP contribution in [0.25, 0.3) is 16.8 Å². The van der Waals surface area contributed by atoms with Crippen LogP contribution in [-0.2, 0) is 0 Å². The largest absolute Gasteiger partial charge is 0.384 e. The minimum atomic E-state index is 0.438. The first-order chi connectivity index (χ1) is 11.7. The molecule has 24 heavy (non-hydrogen) atoms. The molecule has 1 aliphatic rings. The molecule has 0 radical (unpaired) electrons. The van der Waals surface area contributed by atoms with Crippen molar-refractivity contribution >= 4 is 22.8 Å². The van der Waals surface area contributed by atoms with Crippen molar-refractivity contribution in [2.75, 3.05) is 18.8 Å². The zero-order valence-electron chi connectivity index (χ0n) is 14.5. The summed E-state index contributed by atoms with van der Waals surface area (Å²) in [6, 6.07) is 4.15. The number of aromatic nitrogens is 3. The van der Waals surface area contributed by atoms with Crippen LogP contribution >= 0.6 is 11.3 Å². The van der Waals surface area contributed by atoms with Crippen LogP contribution in [0, 0.1) is 6.92 Å². The summed E-state index contributed by atoms with van der Waals surface area (Å²) in [5.74, 6) is 1.09. The second-order valence-electron chi connectivity index (χ2n) is 5.89. The van der Waals surface area contributed by atoms with Crippen LogP contribution in [0.2, 0.25) is 0 Å². The Morgan fingerprint density at radius 1 is 1.33 bits per heavy atom. The van der Waals surface area contributed by atoms with E-state index >= 15 is 0 Å². The molecule has 3 aromatic heterocycles. The van der Waals surface area contributed by atoms with Crippen molar-refractivity contribution in [1.82, 2.24) is 19.9 Å². The predicted octanol–water partition coefficient (Wildman–Crippen LogP) is 3.84. The van der Waals surface area contributed by atoms with Crippen molar-refractivity contribution in [2.45, 2.75) is 39.5 Å². The van der Waals surface area contributed by atoms with E-state index in [4.69, 9.17) is 10.7 Å². The highest BCUT2D eigenvalue weighted by Gasteiger charge is 2.20. The van der Waals surface area contributed by atoms with E-state index in [0.29, 0.717) is 11.7 Å². The maximum Gasteiger partial charge on any atom is 0.165 e. The Morgan fingerprint density at radius 3 is 2.83 bits per heavy atom. The first kappa shape index (κ1) is 16.9. The Bertz CT molecular complexity index is 814. The second-order valence-corrected chi connectivity index (χ2v) is 7.00. The van der Waals surface area contributed by atoms with Gasteiger partial charge in [-0.25, -0.2) is 4.98 Å². The highest BCUT2D eigenvalue weighted by Crippen LogP contribution is 2.31. The molecule has 0 aliphatic carbocycles. The smallest absolute Gasteiger partial charge is 0.165 e. The van der Waals surface area contributed by atoms with Crippen molar-refractivity contribution in [3.05, 3.63) is 34.3 Å². The summed E-state index contributed by atoms with van der Waals surface area (Å²) in [5.41, 5.74) is 10.4. The second kappa shape index (κ2) is 7.32. The van der Waals surface area contributed by atoms with Gasteiger partial charge in [-0.15, -0.1) is 11.3 Å². The molecule has 1 atom stereocenters. The maximum absolute atomic E-state index is 6.20. The predicted molar refractivity (Wildman–Crippen MR) is 102 cm³/mol. The van der Waals surface area contributed by atoms with Crippen molar-refractivity contribution in [1.29, 1.82) is 0 Å². The van der Waals surface area contributed by atoms with E-state index < -0.39 is 0 Å². The molecular weight excluding hydrogens is 318 g/mol. The SMILES string of the molecule is CC.Cc1cc(-c2cnn3c(N)cc(C4CCCNC4)nc23)cs1. The Labute approximate surface area is 146 Å². The lowest BCUT2D eigenvalue weighted by Gasteiger charge is -2.22. The van der Waals surface area contributed by atoms with E-state index in [1.165, 1.54) is 16.9 Å². The number of thiophene rings is 1. The highest BCUT2D eigenvalue weighted by atomic mass is 32.1. The number of hydrogen-bond acceptors (Lipinski definition) is 5. The summed E-state index contributed by atoms with van der Waals surface area (Å²) in [6.07, 6.45) is 4.22. The maximum atomic E-state index is 6.20. The molecule has 1 aliphatic heterocycles.